The molecule has 0 saturated carbocycles. The number of nitrogens with zero attached hydrogens (tertiary/aromatic N) is 2. The minimum atomic E-state index is -1.08. The third-order valence-electron chi connectivity index (χ3n) is 4.78. The Labute approximate surface area is 253 Å². The number of phenols is 2. The van der Waals surface area contributed by atoms with E-state index in [1.165, 1.54) is 7.11 Å². The average Bonchev–Trinajstić information content (AvgIpc) is 2.88. The molecule has 220 valence electrons. The first kappa shape index (κ1) is 37.1. The van der Waals surface area contributed by atoms with Crippen LogP contribution in [0.2, 0.25) is 0 Å². The molecular weight excluding hydrogens is 587 g/mol. The minimum absolute atomic E-state index is 0. The summed E-state index contributed by atoms with van der Waals surface area (Å²) < 4.78 is 5.16. The quantitative estimate of drug-likeness (QED) is 0.315. The summed E-state index contributed by atoms with van der Waals surface area (Å²) in [5.74, 6) is -2.51. The van der Waals surface area contributed by atoms with Crippen molar-refractivity contribution >= 4 is 17.9 Å². The van der Waals surface area contributed by atoms with Gasteiger partial charge in [-0.2, -0.15) is 0 Å². The summed E-state index contributed by atoms with van der Waals surface area (Å²) in [6.45, 7) is 4.85. The summed E-state index contributed by atoms with van der Waals surface area (Å²) in [5, 5.41) is 47.1. The van der Waals surface area contributed by atoms with Crippen LogP contribution < -0.4 is 20.1 Å². The molecule has 0 atom stereocenters. The van der Waals surface area contributed by atoms with Crippen molar-refractivity contribution in [2.45, 2.75) is 27.7 Å². The first-order chi connectivity index (χ1) is 19.3. The maximum Gasteiger partial charge on any atom is 3.00 e. The molecule has 0 saturated heterocycles. The van der Waals surface area contributed by atoms with Crippen molar-refractivity contribution < 1.29 is 61.7 Å². The van der Waals surface area contributed by atoms with E-state index in [4.69, 9.17) is 34.4 Å². The fourth-order valence-corrected chi connectivity index (χ4v) is 3.22. The Morgan fingerprint density at radius 1 is 0.714 bits per heavy atom. The maximum atomic E-state index is 10.3. The van der Waals surface area contributed by atoms with E-state index in [0.717, 1.165) is 54.4 Å². The zero-order chi connectivity index (χ0) is 31.1. The topological polar surface area (TPSA) is 196 Å². The number of rotatable bonds is 4. The number of methoxy groups -OCH3 is 1. The first-order valence-corrected chi connectivity index (χ1v) is 11.9. The molecule has 0 bridgehead atoms. The Hall–Kier alpha value is -4.93. The second-order valence-corrected chi connectivity index (χ2v) is 8.22. The molecule has 2 aromatic carbocycles. The molecule has 12 heteroatoms. The van der Waals surface area contributed by atoms with Crippen molar-refractivity contribution in [3.63, 3.8) is 0 Å². The molecule has 2 heterocycles. The Morgan fingerprint density at radius 3 is 1.55 bits per heavy atom. The van der Waals surface area contributed by atoms with Crippen molar-refractivity contribution in [3.8, 4) is 50.9 Å². The molecule has 0 unspecified atom stereocenters. The fraction of sp³-hybridized carbons (Fsp3) is 0.167. The van der Waals surface area contributed by atoms with Crippen LogP contribution in [0.25, 0.3) is 33.6 Å². The molecule has 2 N–H and O–H groups in total. The number of aryl methyl sites for hydroxylation is 1. The normalized spacial score (nSPS) is 9.17. The van der Waals surface area contributed by atoms with Crippen LogP contribution in [0.15, 0.2) is 73.1 Å². The van der Waals surface area contributed by atoms with Crippen LogP contribution in [0.4, 0.5) is 0 Å². The number of pyridine rings is 2. The molecule has 4 aromatic rings. The van der Waals surface area contributed by atoms with Crippen molar-refractivity contribution in [2.24, 2.45) is 0 Å². The van der Waals surface area contributed by atoms with Crippen LogP contribution in [0.3, 0.4) is 0 Å². The van der Waals surface area contributed by atoms with Gasteiger partial charge in [0.25, 0.3) is 0 Å². The van der Waals surface area contributed by atoms with Crippen LogP contribution in [0.5, 0.6) is 17.2 Å². The third kappa shape index (κ3) is 12.9. The van der Waals surface area contributed by atoms with E-state index in [-0.39, 0.29) is 28.6 Å². The van der Waals surface area contributed by atoms with Crippen LogP contribution in [-0.2, 0) is 31.5 Å². The molecule has 0 fully saturated rings. The summed E-state index contributed by atoms with van der Waals surface area (Å²) in [6, 6.07) is 18.5. The van der Waals surface area contributed by atoms with Gasteiger partial charge < -0.3 is 44.7 Å². The summed E-state index contributed by atoms with van der Waals surface area (Å²) in [6.07, 6.45) is 3.43. The number of hydrogen-bond donors (Lipinski definition) is 2. The van der Waals surface area contributed by atoms with E-state index < -0.39 is 17.9 Å². The van der Waals surface area contributed by atoms with E-state index >= 15 is 0 Å². The zero-order valence-electron chi connectivity index (χ0n) is 23.5. The number of ether oxygens (including phenoxy) is 1. The van der Waals surface area contributed by atoms with Crippen LogP contribution in [-0.4, -0.2) is 45.2 Å². The van der Waals surface area contributed by atoms with Gasteiger partial charge >= 0.3 is 17.1 Å². The van der Waals surface area contributed by atoms with Gasteiger partial charge in [0.05, 0.1) is 18.5 Å². The van der Waals surface area contributed by atoms with Crippen molar-refractivity contribution in [3.05, 3.63) is 78.6 Å². The van der Waals surface area contributed by atoms with Gasteiger partial charge in [-0.05, 0) is 57.5 Å². The standard InChI is InChI=1S/C24H20N2O3.3C2H4O2.Mn/c1-15-6-9-18(22(27)12-15)16-7-10-20(25-13-16)21-11-8-17(14-26-21)19-4-3-5-23(29-2)24(19)28;3*1-2(3)4;/h3-14,27-28H,1-2H3;3*1H3,(H,3,4);/q;;;;+3/p-3. The van der Waals surface area contributed by atoms with Crippen molar-refractivity contribution in [1.82, 2.24) is 9.97 Å². The number of aromatic nitrogens is 2. The van der Waals surface area contributed by atoms with Gasteiger partial charge in [0.2, 0.25) is 0 Å². The molecule has 0 aliphatic carbocycles. The van der Waals surface area contributed by atoms with E-state index in [1.54, 1.807) is 24.5 Å². The summed E-state index contributed by atoms with van der Waals surface area (Å²) in [7, 11) is 1.52. The van der Waals surface area contributed by atoms with E-state index in [1.807, 2.05) is 55.5 Å². The number of carbonyl (C=O) groups is 3. The predicted octanol–water partition coefficient (Wildman–Crippen LogP) is 1.47. The largest absolute Gasteiger partial charge is 3.00 e. The minimum Gasteiger partial charge on any atom is -0.550 e. The molecule has 42 heavy (non-hydrogen) atoms. The van der Waals surface area contributed by atoms with E-state index in [2.05, 4.69) is 9.97 Å². The number of hydrogen-bond acceptors (Lipinski definition) is 11. The number of aliphatic carboxylic acids is 3. The average molecular weight is 617 g/mol. The summed E-state index contributed by atoms with van der Waals surface area (Å²) in [5.41, 5.74) is 5.46. The van der Waals surface area contributed by atoms with Gasteiger partial charge in [0.15, 0.2) is 11.5 Å². The Balaban J connectivity index is 0.00000111. The Kier molecular flexibility index (Phi) is 16.3. The van der Waals surface area contributed by atoms with Gasteiger partial charge in [0, 0.05) is 52.6 Å². The van der Waals surface area contributed by atoms with Crippen LogP contribution in [0, 0.1) is 6.92 Å². The number of carboxylic acids is 3. The van der Waals surface area contributed by atoms with E-state index in [0.29, 0.717) is 11.3 Å². The van der Waals surface area contributed by atoms with Crippen LogP contribution in [0.1, 0.15) is 26.3 Å². The zero-order valence-corrected chi connectivity index (χ0v) is 24.6. The van der Waals surface area contributed by atoms with Crippen LogP contribution >= 0.6 is 0 Å². The molecule has 0 spiro atoms. The van der Waals surface area contributed by atoms with Gasteiger partial charge in [-0.25, -0.2) is 0 Å². The van der Waals surface area contributed by atoms with Gasteiger partial charge in [-0.1, -0.05) is 36.4 Å². The van der Waals surface area contributed by atoms with Crippen molar-refractivity contribution in [1.29, 1.82) is 0 Å². The molecule has 2 aromatic heterocycles. The predicted molar refractivity (Wildman–Crippen MR) is 145 cm³/mol. The Bertz CT molecular complexity index is 1420. The number of benzene rings is 2. The molecule has 0 amide bonds. The van der Waals surface area contributed by atoms with E-state index in [9.17, 15) is 10.2 Å². The van der Waals surface area contributed by atoms with Gasteiger partial charge in [0.1, 0.15) is 5.75 Å². The smallest absolute Gasteiger partial charge is 0.550 e. The first-order valence-electron chi connectivity index (χ1n) is 11.9. The van der Waals surface area contributed by atoms with Gasteiger partial charge in [-0.15, -0.1) is 0 Å². The summed E-state index contributed by atoms with van der Waals surface area (Å²) in [4.78, 5) is 35.6. The van der Waals surface area contributed by atoms with Gasteiger partial charge in [-0.3, -0.25) is 9.97 Å². The van der Waals surface area contributed by atoms with Crippen molar-refractivity contribution in [2.75, 3.05) is 7.11 Å². The SMILES string of the molecule is CC(=O)[O-].CC(=O)[O-].CC(=O)[O-].COc1cccc(-c2ccc(-c3ccc(-c4ccc(C)cc4O)cn3)nc2)c1O.[Mn+3]. The molecule has 0 radical (unpaired) electrons. The fourth-order valence-electron chi connectivity index (χ4n) is 3.22. The molecule has 11 nitrogen and oxygen atoms in total. The second-order valence-electron chi connectivity index (χ2n) is 8.22. The summed E-state index contributed by atoms with van der Waals surface area (Å²) >= 11 is 0. The molecule has 0 aliphatic rings. The Morgan fingerprint density at radius 2 is 1.17 bits per heavy atom. The second kappa shape index (κ2) is 18.4. The number of aromatic hydroxyl groups is 2. The maximum absolute atomic E-state index is 10.3. The third-order valence-corrected chi connectivity index (χ3v) is 4.78. The number of phenolic OH excluding ortho intramolecular Hbond substituents is 2. The number of carboxylic acid groups (broad SMARTS) is 3. The molecule has 4 rings (SSSR count). The monoisotopic (exact) mass is 616 g/mol. The molecule has 0 aliphatic heterocycles. The number of para-hydroxylation sites is 1. The number of carbonyl (C=O) groups excluding carboxylic acids is 3. The molecular formula is C30H29MnN2O9.